The van der Waals surface area contributed by atoms with Crippen LogP contribution in [0.3, 0.4) is 0 Å². The highest BCUT2D eigenvalue weighted by molar-refractivity contribution is 5.81. The summed E-state index contributed by atoms with van der Waals surface area (Å²) >= 11 is 0. The summed E-state index contributed by atoms with van der Waals surface area (Å²) in [4.78, 5) is 11.3. The van der Waals surface area contributed by atoms with Crippen molar-refractivity contribution in [2.24, 2.45) is 5.73 Å². The van der Waals surface area contributed by atoms with E-state index < -0.39 is 0 Å². The van der Waals surface area contributed by atoms with Crippen LogP contribution >= 0.6 is 0 Å². The molecule has 0 unspecified atom stereocenters. The minimum atomic E-state index is -0.372. The first kappa shape index (κ1) is 10.5. The van der Waals surface area contributed by atoms with E-state index in [2.05, 4.69) is 5.32 Å². The molecule has 3 N–H and O–H groups in total. The quantitative estimate of drug-likeness (QED) is 0.633. The molecule has 0 aromatic carbocycles. The first-order valence-electron chi connectivity index (χ1n) is 5.26. The van der Waals surface area contributed by atoms with Gasteiger partial charge in [0.1, 0.15) is 0 Å². The van der Waals surface area contributed by atoms with Gasteiger partial charge in [-0.15, -0.1) is 0 Å². The second-order valence-electron chi connectivity index (χ2n) is 3.99. The Bertz CT molecular complexity index is 160. The predicted octanol–water partition coefficient (Wildman–Crippen LogP) is 1.17. The van der Waals surface area contributed by atoms with Crippen LogP contribution in [0.1, 0.15) is 45.4 Å². The molecule has 1 aliphatic rings. The maximum Gasteiger partial charge on any atom is 0.236 e. The number of rotatable bonds is 2. The molecule has 13 heavy (non-hydrogen) atoms. The van der Waals surface area contributed by atoms with Crippen LogP contribution in [0.5, 0.6) is 0 Å². The first-order chi connectivity index (χ1) is 6.20. The molecule has 0 aliphatic heterocycles. The van der Waals surface area contributed by atoms with Gasteiger partial charge in [0.25, 0.3) is 0 Å². The largest absolute Gasteiger partial charge is 0.352 e. The van der Waals surface area contributed by atoms with Gasteiger partial charge in [0.2, 0.25) is 5.91 Å². The van der Waals surface area contributed by atoms with Crippen molar-refractivity contribution < 1.29 is 4.79 Å². The molecular formula is C10H20N2O. The minimum Gasteiger partial charge on any atom is -0.352 e. The second-order valence-corrected chi connectivity index (χ2v) is 3.99. The fraction of sp³-hybridized carbons (Fsp3) is 0.900. The van der Waals surface area contributed by atoms with Crippen molar-refractivity contribution in [2.45, 2.75) is 57.5 Å². The molecule has 1 fully saturated rings. The number of nitrogens with two attached hydrogens (primary N) is 1. The molecule has 0 bridgehead atoms. The number of amides is 1. The van der Waals surface area contributed by atoms with E-state index in [-0.39, 0.29) is 11.9 Å². The van der Waals surface area contributed by atoms with E-state index in [4.69, 9.17) is 5.73 Å². The SMILES string of the molecule is C[C@@H](N)C(=O)NC1CCCCCC1. The van der Waals surface area contributed by atoms with Gasteiger partial charge in [0.05, 0.1) is 6.04 Å². The Morgan fingerprint density at radius 3 is 2.31 bits per heavy atom. The Labute approximate surface area is 80.1 Å². The third kappa shape index (κ3) is 3.77. The average Bonchev–Trinajstić information content (AvgIpc) is 2.32. The Morgan fingerprint density at radius 1 is 1.31 bits per heavy atom. The van der Waals surface area contributed by atoms with Gasteiger partial charge in [-0.25, -0.2) is 0 Å². The van der Waals surface area contributed by atoms with Gasteiger partial charge in [0, 0.05) is 6.04 Å². The molecular weight excluding hydrogens is 164 g/mol. The summed E-state index contributed by atoms with van der Waals surface area (Å²) in [5.74, 6) is -0.00750. The summed E-state index contributed by atoms with van der Waals surface area (Å²) in [6.07, 6.45) is 7.35. The van der Waals surface area contributed by atoms with E-state index in [0.29, 0.717) is 6.04 Å². The van der Waals surface area contributed by atoms with Gasteiger partial charge in [0.15, 0.2) is 0 Å². The lowest BCUT2D eigenvalue weighted by atomic mass is 10.1. The van der Waals surface area contributed by atoms with E-state index in [1.54, 1.807) is 6.92 Å². The minimum absolute atomic E-state index is 0.00750. The zero-order valence-corrected chi connectivity index (χ0v) is 8.38. The maximum absolute atomic E-state index is 11.3. The van der Waals surface area contributed by atoms with Crippen LogP contribution in [0, 0.1) is 0 Å². The zero-order chi connectivity index (χ0) is 9.68. The monoisotopic (exact) mass is 184 g/mol. The summed E-state index contributed by atoms with van der Waals surface area (Å²) in [5, 5.41) is 2.99. The van der Waals surface area contributed by atoms with Gasteiger partial charge in [-0.1, -0.05) is 25.7 Å². The third-order valence-electron chi connectivity index (χ3n) is 2.62. The van der Waals surface area contributed by atoms with Gasteiger partial charge in [-0.3, -0.25) is 4.79 Å². The molecule has 76 valence electrons. The Kier molecular flexibility index (Phi) is 4.22. The van der Waals surface area contributed by atoms with E-state index in [1.165, 1.54) is 25.7 Å². The van der Waals surface area contributed by atoms with Crippen molar-refractivity contribution in [3.8, 4) is 0 Å². The van der Waals surface area contributed by atoms with Crippen LogP contribution < -0.4 is 11.1 Å². The predicted molar refractivity (Wildman–Crippen MR) is 53.3 cm³/mol. The van der Waals surface area contributed by atoms with Crippen LogP contribution in [-0.4, -0.2) is 18.0 Å². The normalized spacial score (nSPS) is 22.0. The average molecular weight is 184 g/mol. The van der Waals surface area contributed by atoms with Crippen molar-refractivity contribution >= 4 is 5.91 Å². The molecule has 0 spiro atoms. The first-order valence-corrected chi connectivity index (χ1v) is 5.26. The summed E-state index contributed by atoms with van der Waals surface area (Å²) < 4.78 is 0. The lowest BCUT2D eigenvalue weighted by molar-refractivity contribution is -0.122. The lowest BCUT2D eigenvalue weighted by Crippen LogP contribution is -2.43. The number of carbonyl (C=O) groups excluding carboxylic acids is 1. The Hall–Kier alpha value is -0.570. The van der Waals surface area contributed by atoms with Gasteiger partial charge in [-0.2, -0.15) is 0 Å². The fourth-order valence-electron chi connectivity index (χ4n) is 1.76. The molecule has 0 radical (unpaired) electrons. The smallest absolute Gasteiger partial charge is 0.236 e. The Balaban J connectivity index is 2.29. The summed E-state index contributed by atoms with van der Waals surface area (Å²) in [6, 6.07) is 0.00394. The lowest BCUT2D eigenvalue weighted by Gasteiger charge is -2.17. The van der Waals surface area contributed by atoms with Gasteiger partial charge < -0.3 is 11.1 Å². The highest BCUT2D eigenvalue weighted by Crippen LogP contribution is 2.17. The van der Waals surface area contributed by atoms with Crippen molar-refractivity contribution in [1.29, 1.82) is 0 Å². The molecule has 0 aromatic rings. The van der Waals surface area contributed by atoms with Crippen LogP contribution in [0.4, 0.5) is 0 Å². The Morgan fingerprint density at radius 2 is 1.85 bits per heavy atom. The highest BCUT2D eigenvalue weighted by Gasteiger charge is 2.16. The third-order valence-corrected chi connectivity index (χ3v) is 2.62. The molecule has 0 saturated heterocycles. The fourth-order valence-corrected chi connectivity index (χ4v) is 1.76. The van der Waals surface area contributed by atoms with Crippen LogP contribution in [0.2, 0.25) is 0 Å². The molecule has 1 amide bonds. The van der Waals surface area contributed by atoms with E-state index in [9.17, 15) is 4.79 Å². The highest BCUT2D eigenvalue weighted by atomic mass is 16.2. The van der Waals surface area contributed by atoms with Crippen LogP contribution in [0.15, 0.2) is 0 Å². The summed E-state index contributed by atoms with van der Waals surface area (Å²) in [5.41, 5.74) is 5.48. The number of carbonyl (C=O) groups is 1. The number of hydrogen-bond acceptors (Lipinski definition) is 2. The van der Waals surface area contributed by atoms with E-state index in [1.807, 2.05) is 0 Å². The number of nitrogens with one attached hydrogen (secondary N) is 1. The molecule has 1 saturated carbocycles. The van der Waals surface area contributed by atoms with Crippen molar-refractivity contribution in [3.05, 3.63) is 0 Å². The molecule has 1 aliphatic carbocycles. The van der Waals surface area contributed by atoms with Gasteiger partial charge >= 0.3 is 0 Å². The standard InChI is InChI=1S/C10H20N2O/c1-8(11)10(13)12-9-6-4-2-3-5-7-9/h8-9H,2-7,11H2,1H3,(H,12,13)/t8-/m1/s1. The van der Waals surface area contributed by atoms with Crippen LogP contribution in [-0.2, 0) is 4.79 Å². The van der Waals surface area contributed by atoms with Crippen molar-refractivity contribution in [2.75, 3.05) is 0 Å². The summed E-state index contributed by atoms with van der Waals surface area (Å²) in [7, 11) is 0. The van der Waals surface area contributed by atoms with Crippen molar-refractivity contribution in [3.63, 3.8) is 0 Å². The maximum atomic E-state index is 11.3. The second kappa shape index (κ2) is 5.22. The van der Waals surface area contributed by atoms with Crippen molar-refractivity contribution in [1.82, 2.24) is 5.32 Å². The molecule has 3 nitrogen and oxygen atoms in total. The molecule has 1 rings (SSSR count). The molecule has 0 aromatic heterocycles. The van der Waals surface area contributed by atoms with E-state index >= 15 is 0 Å². The van der Waals surface area contributed by atoms with Gasteiger partial charge in [-0.05, 0) is 19.8 Å². The van der Waals surface area contributed by atoms with E-state index in [0.717, 1.165) is 12.8 Å². The molecule has 0 heterocycles. The molecule has 1 atom stereocenters. The van der Waals surface area contributed by atoms with Crippen LogP contribution in [0.25, 0.3) is 0 Å². The molecule has 3 heteroatoms. The summed E-state index contributed by atoms with van der Waals surface area (Å²) in [6.45, 7) is 1.73. The zero-order valence-electron chi connectivity index (χ0n) is 8.38. The topological polar surface area (TPSA) is 55.1 Å². The number of hydrogen-bond donors (Lipinski definition) is 2.